The van der Waals surface area contributed by atoms with Gasteiger partial charge in [0, 0.05) is 12.8 Å². The molecule has 1 aromatic carbocycles. The molecule has 1 saturated heterocycles. The van der Waals surface area contributed by atoms with Crippen molar-refractivity contribution in [3.05, 3.63) is 29.3 Å². The maximum Gasteiger partial charge on any atom is 0.240 e. The Morgan fingerprint density at radius 2 is 1.67 bits per heavy atom. The summed E-state index contributed by atoms with van der Waals surface area (Å²) in [5.41, 5.74) is 2.57. The molecular weight excluding hydrogens is 360 g/mol. The molecule has 5 nitrogen and oxygen atoms in total. The van der Waals surface area contributed by atoms with Crippen LogP contribution < -0.4 is 9.62 Å². The number of hydrogen-bond donors (Lipinski definition) is 2. The molecule has 2 fully saturated rings. The van der Waals surface area contributed by atoms with Crippen molar-refractivity contribution in [1.82, 2.24) is 4.72 Å². The Bertz CT molecular complexity index is 751. The molecular formula is C21H33N2O3S+. The van der Waals surface area contributed by atoms with Gasteiger partial charge in [0.1, 0.15) is 18.6 Å². The minimum absolute atomic E-state index is 0.0311. The highest BCUT2D eigenvalue weighted by Crippen LogP contribution is 2.27. The molecule has 1 saturated carbocycles. The van der Waals surface area contributed by atoms with Crippen molar-refractivity contribution in [2.24, 2.45) is 0 Å². The Labute approximate surface area is 163 Å². The molecule has 150 valence electrons. The summed E-state index contributed by atoms with van der Waals surface area (Å²) < 4.78 is 34.6. The van der Waals surface area contributed by atoms with Gasteiger partial charge in [-0.1, -0.05) is 12.5 Å². The number of quaternary nitrogens is 1. The molecule has 0 atom stereocenters. The minimum atomic E-state index is -3.46. The monoisotopic (exact) mass is 393 g/mol. The summed E-state index contributed by atoms with van der Waals surface area (Å²) in [5.74, 6) is 0. The number of hydrogen-bond acceptors (Lipinski definition) is 3. The van der Waals surface area contributed by atoms with Crippen LogP contribution in [0.4, 0.5) is 0 Å². The SMILES string of the molecule is O=S(=O)(NCC1([NH+]2CCOCC2)CCCCC1)c1ccc2c(c1)CCCC2. The van der Waals surface area contributed by atoms with E-state index in [0.717, 1.165) is 58.4 Å². The molecule has 0 spiro atoms. The van der Waals surface area contributed by atoms with Crippen LogP contribution in [0.25, 0.3) is 0 Å². The lowest BCUT2D eigenvalue weighted by Crippen LogP contribution is -3.23. The van der Waals surface area contributed by atoms with Gasteiger partial charge in [-0.05, 0) is 61.8 Å². The largest absolute Gasteiger partial charge is 0.370 e. The Kier molecular flexibility index (Phi) is 5.88. The van der Waals surface area contributed by atoms with Crippen molar-refractivity contribution in [1.29, 1.82) is 0 Å². The lowest BCUT2D eigenvalue weighted by Gasteiger charge is -2.45. The van der Waals surface area contributed by atoms with Gasteiger partial charge < -0.3 is 9.64 Å². The predicted octanol–water partition coefficient (Wildman–Crippen LogP) is 1.46. The zero-order chi connectivity index (χ0) is 18.7. The molecule has 0 bridgehead atoms. The Hall–Kier alpha value is -0.950. The van der Waals surface area contributed by atoms with Crippen LogP contribution in [0.5, 0.6) is 0 Å². The molecule has 0 radical (unpaired) electrons. The molecule has 0 unspecified atom stereocenters. The smallest absolute Gasteiger partial charge is 0.240 e. The third-order valence-corrected chi connectivity index (χ3v) is 8.29. The number of sulfonamides is 1. The van der Waals surface area contributed by atoms with Gasteiger partial charge in [-0.3, -0.25) is 0 Å². The molecule has 1 heterocycles. The lowest BCUT2D eigenvalue weighted by atomic mass is 9.80. The van der Waals surface area contributed by atoms with Crippen molar-refractivity contribution in [2.45, 2.75) is 68.2 Å². The summed E-state index contributed by atoms with van der Waals surface area (Å²) in [4.78, 5) is 1.97. The first-order valence-electron chi connectivity index (χ1n) is 10.6. The average Bonchev–Trinajstić information content (AvgIpc) is 2.73. The fraction of sp³-hybridized carbons (Fsp3) is 0.714. The topological polar surface area (TPSA) is 59.8 Å². The van der Waals surface area contributed by atoms with E-state index in [4.69, 9.17) is 4.74 Å². The molecule has 6 heteroatoms. The van der Waals surface area contributed by atoms with Crippen molar-refractivity contribution < 1.29 is 18.1 Å². The number of ether oxygens (including phenoxy) is 1. The minimum Gasteiger partial charge on any atom is -0.370 e. The number of rotatable bonds is 5. The average molecular weight is 394 g/mol. The van der Waals surface area contributed by atoms with Crippen LogP contribution in [-0.2, 0) is 27.6 Å². The van der Waals surface area contributed by atoms with Crippen LogP contribution in [0.15, 0.2) is 23.1 Å². The van der Waals surface area contributed by atoms with Gasteiger partial charge in [-0.2, -0.15) is 0 Å². The Morgan fingerprint density at radius 3 is 2.41 bits per heavy atom. The third-order valence-electron chi connectivity index (χ3n) is 6.89. The quantitative estimate of drug-likeness (QED) is 0.796. The summed E-state index contributed by atoms with van der Waals surface area (Å²) in [6.07, 6.45) is 10.3. The van der Waals surface area contributed by atoms with Gasteiger partial charge in [-0.15, -0.1) is 0 Å². The zero-order valence-electron chi connectivity index (χ0n) is 16.3. The van der Waals surface area contributed by atoms with E-state index >= 15 is 0 Å². The van der Waals surface area contributed by atoms with Crippen molar-refractivity contribution in [3.63, 3.8) is 0 Å². The van der Waals surface area contributed by atoms with Gasteiger partial charge in [0.2, 0.25) is 10.0 Å². The van der Waals surface area contributed by atoms with E-state index in [0.29, 0.717) is 11.4 Å². The fourth-order valence-corrected chi connectivity index (χ4v) is 6.40. The van der Waals surface area contributed by atoms with Gasteiger partial charge >= 0.3 is 0 Å². The van der Waals surface area contributed by atoms with Crippen LogP contribution >= 0.6 is 0 Å². The Morgan fingerprint density at radius 1 is 0.963 bits per heavy atom. The van der Waals surface area contributed by atoms with Crippen molar-refractivity contribution >= 4 is 10.0 Å². The number of nitrogens with one attached hydrogen (secondary N) is 2. The highest BCUT2D eigenvalue weighted by atomic mass is 32.2. The number of fused-ring (bicyclic) bond motifs is 1. The summed E-state index contributed by atoms with van der Waals surface area (Å²) in [6, 6.07) is 5.72. The van der Waals surface area contributed by atoms with Crippen LogP contribution in [0.3, 0.4) is 0 Å². The summed E-state index contributed by atoms with van der Waals surface area (Å²) in [5, 5.41) is 0. The van der Waals surface area contributed by atoms with E-state index < -0.39 is 10.0 Å². The van der Waals surface area contributed by atoms with Crippen LogP contribution in [-0.4, -0.2) is 46.8 Å². The standard InChI is InChI=1S/C21H32N2O3S/c24-27(25,20-9-8-18-6-2-3-7-19(18)16-20)22-17-21(10-4-1-5-11-21)23-12-14-26-15-13-23/h8-9,16,22H,1-7,10-15,17H2/p+1. The van der Waals surface area contributed by atoms with E-state index in [1.807, 2.05) is 12.1 Å². The Balaban J connectivity index is 1.51. The fourth-order valence-electron chi connectivity index (χ4n) is 5.23. The van der Waals surface area contributed by atoms with Crippen molar-refractivity contribution in [3.8, 4) is 0 Å². The highest BCUT2D eigenvalue weighted by Gasteiger charge is 2.43. The summed E-state index contributed by atoms with van der Waals surface area (Å²) in [6.45, 7) is 4.09. The first-order chi connectivity index (χ1) is 13.1. The molecule has 4 rings (SSSR count). The molecule has 0 aromatic heterocycles. The molecule has 2 N–H and O–H groups in total. The van der Waals surface area contributed by atoms with E-state index in [-0.39, 0.29) is 5.54 Å². The van der Waals surface area contributed by atoms with Gasteiger partial charge in [0.05, 0.1) is 24.7 Å². The lowest BCUT2D eigenvalue weighted by molar-refractivity contribution is -0.960. The van der Waals surface area contributed by atoms with Crippen molar-refractivity contribution in [2.75, 3.05) is 32.8 Å². The van der Waals surface area contributed by atoms with Crippen LogP contribution in [0.2, 0.25) is 0 Å². The van der Waals surface area contributed by atoms with E-state index in [1.54, 1.807) is 6.07 Å². The maximum atomic E-state index is 13.0. The maximum absolute atomic E-state index is 13.0. The van der Waals surface area contributed by atoms with E-state index in [9.17, 15) is 8.42 Å². The molecule has 27 heavy (non-hydrogen) atoms. The normalized spacial score (nSPS) is 23.7. The van der Waals surface area contributed by atoms with Crippen LogP contribution in [0.1, 0.15) is 56.1 Å². The van der Waals surface area contributed by atoms with Gasteiger partial charge in [0.15, 0.2) is 0 Å². The van der Waals surface area contributed by atoms with E-state index in [2.05, 4.69) is 4.72 Å². The first-order valence-corrected chi connectivity index (χ1v) is 12.1. The number of aryl methyl sites for hydroxylation is 2. The summed E-state index contributed by atoms with van der Waals surface area (Å²) in [7, 11) is -3.46. The number of benzene rings is 1. The highest BCUT2D eigenvalue weighted by molar-refractivity contribution is 7.89. The third kappa shape index (κ3) is 4.24. The second-order valence-corrected chi connectivity index (χ2v) is 10.3. The van der Waals surface area contributed by atoms with Crippen LogP contribution in [0, 0.1) is 0 Å². The second-order valence-electron chi connectivity index (χ2n) is 8.52. The second kappa shape index (κ2) is 8.19. The first kappa shape index (κ1) is 19.4. The predicted molar refractivity (Wildman–Crippen MR) is 106 cm³/mol. The molecule has 3 aliphatic rings. The molecule has 0 amide bonds. The van der Waals surface area contributed by atoms with Gasteiger partial charge in [0.25, 0.3) is 0 Å². The molecule has 1 aromatic rings. The zero-order valence-corrected chi connectivity index (χ0v) is 17.1. The van der Waals surface area contributed by atoms with Gasteiger partial charge in [-0.25, -0.2) is 13.1 Å². The van der Waals surface area contributed by atoms with E-state index in [1.165, 1.54) is 41.7 Å². The molecule has 2 aliphatic carbocycles. The summed E-state index contributed by atoms with van der Waals surface area (Å²) >= 11 is 0. The number of morpholine rings is 1. The molecule has 1 aliphatic heterocycles.